The van der Waals surface area contributed by atoms with E-state index in [1.54, 1.807) is 0 Å². The summed E-state index contributed by atoms with van der Waals surface area (Å²) in [6.45, 7) is 11.5. The molecule has 0 fully saturated rings. The lowest BCUT2D eigenvalue weighted by Gasteiger charge is -2.35. The lowest BCUT2D eigenvalue weighted by atomic mass is 9.99. The first kappa shape index (κ1) is 21.8. The second kappa shape index (κ2) is 8.26. The summed E-state index contributed by atoms with van der Waals surface area (Å²) in [7, 11) is -6.35. The van der Waals surface area contributed by atoms with E-state index in [1.165, 1.54) is 0 Å². The van der Waals surface area contributed by atoms with Gasteiger partial charge in [-0.05, 0) is 22.8 Å². The fourth-order valence-electron chi connectivity index (χ4n) is 3.23. The number of hydrogen-bond acceptors (Lipinski definition) is 3. The molecule has 5 heteroatoms. The van der Waals surface area contributed by atoms with Crippen molar-refractivity contribution in [2.24, 2.45) is 11.3 Å². The molecule has 0 N–H and O–H groups in total. The monoisotopic (exact) mass is 402 g/mol. The first-order chi connectivity index (χ1) is 12.5. The van der Waals surface area contributed by atoms with E-state index in [2.05, 4.69) is 0 Å². The fraction of sp³-hybridized carbons (Fsp3) is 0.409. The minimum Gasteiger partial charge on any atom is -0.355 e. The zero-order valence-electron chi connectivity index (χ0n) is 17.2. The molecule has 2 aromatic rings. The molecule has 3 nitrogen and oxygen atoms in total. The average molecular weight is 403 g/mol. The van der Waals surface area contributed by atoms with E-state index >= 15 is 0 Å². The van der Waals surface area contributed by atoms with Crippen molar-refractivity contribution in [3.8, 4) is 0 Å². The van der Waals surface area contributed by atoms with E-state index in [1.807, 2.05) is 102 Å². The molecule has 2 rings (SSSR count). The summed E-state index contributed by atoms with van der Waals surface area (Å²) < 4.78 is 20.5. The summed E-state index contributed by atoms with van der Waals surface area (Å²) in [5.74, 6) is 0.104. The topological polar surface area (TPSA) is 43.4 Å². The number of rotatable bonds is 7. The van der Waals surface area contributed by atoms with Crippen LogP contribution in [0.25, 0.3) is 0 Å². The van der Waals surface area contributed by atoms with Gasteiger partial charge >= 0.3 is 0 Å². The van der Waals surface area contributed by atoms with Crippen LogP contribution in [0.4, 0.5) is 0 Å². The van der Waals surface area contributed by atoms with Gasteiger partial charge in [-0.1, -0.05) is 95.3 Å². The minimum atomic E-state index is -3.52. The molecule has 2 aromatic carbocycles. The van der Waals surface area contributed by atoms with Crippen molar-refractivity contribution in [3.63, 3.8) is 0 Å². The number of benzene rings is 2. The maximum Gasteiger partial charge on any atom is 0.261 e. The summed E-state index contributed by atoms with van der Waals surface area (Å²) in [4.78, 5) is 13.2. The zero-order valence-corrected chi connectivity index (χ0v) is 19.1. The van der Waals surface area contributed by atoms with Gasteiger partial charge in [0.15, 0.2) is 0 Å². The molecular formula is C22H31O3PSi. The van der Waals surface area contributed by atoms with Crippen LogP contribution in [0, 0.1) is 11.3 Å². The van der Waals surface area contributed by atoms with Gasteiger partial charge in [0, 0.05) is 11.6 Å². The van der Waals surface area contributed by atoms with E-state index in [4.69, 9.17) is 4.21 Å². The highest BCUT2D eigenvalue weighted by molar-refractivity contribution is 7.77. The van der Waals surface area contributed by atoms with Gasteiger partial charge in [0.1, 0.15) is 0 Å². The number of carbonyl (C=O) groups is 1. The summed E-state index contributed by atoms with van der Waals surface area (Å²) in [5, 5.41) is 2.03. The second-order valence-corrected chi connectivity index (χ2v) is 14.7. The Balaban J connectivity index is 2.62. The van der Waals surface area contributed by atoms with Gasteiger partial charge in [-0.25, -0.2) is 0 Å². The fourth-order valence-corrected chi connectivity index (χ4v) is 11.2. The van der Waals surface area contributed by atoms with Crippen molar-refractivity contribution < 1.29 is 13.6 Å². The normalized spacial score (nSPS) is 14.8. The van der Waals surface area contributed by atoms with E-state index in [-0.39, 0.29) is 17.6 Å². The van der Waals surface area contributed by atoms with Crippen molar-refractivity contribution in [2.75, 3.05) is 6.16 Å². The largest absolute Gasteiger partial charge is 0.355 e. The standard InChI is InChI=1S/C22H31O3PSi/c1-18(2)17-26(24,21(23)22(3,4)5)25-27(6,19-13-9-7-10-14-19)20-15-11-8-12-16-20/h7-16,18H,17H2,1-6H3. The van der Waals surface area contributed by atoms with Crippen LogP contribution in [-0.2, 0) is 13.6 Å². The lowest BCUT2D eigenvalue weighted by molar-refractivity contribution is -0.119. The van der Waals surface area contributed by atoms with Crippen LogP contribution in [0.1, 0.15) is 34.6 Å². The smallest absolute Gasteiger partial charge is 0.261 e. The predicted octanol–water partition coefficient (Wildman–Crippen LogP) is 4.90. The molecule has 1 unspecified atom stereocenters. The molecule has 0 saturated heterocycles. The Morgan fingerprint density at radius 1 is 0.963 bits per heavy atom. The Morgan fingerprint density at radius 2 is 1.37 bits per heavy atom. The van der Waals surface area contributed by atoms with E-state index in [0.717, 1.165) is 10.4 Å². The molecule has 0 heterocycles. The highest BCUT2D eigenvalue weighted by Crippen LogP contribution is 2.55. The van der Waals surface area contributed by atoms with Gasteiger partial charge in [-0.3, -0.25) is 9.36 Å². The molecule has 0 aliphatic rings. The first-order valence-corrected chi connectivity index (χ1v) is 13.7. The molecule has 1 atom stereocenters. The van der Waals surface area contributed by atoms with Gasteiger partial charge in [0.2, 0.25) is 5.52 Å². The quantitative estimate of drug-likeness (QED) is 0.489. The van der Waals surface area contributed by atoms with Gasteiger partial charge < -0.3 is 4.21 Å². The Hall–Kier alpha value is -1.48. The van der Waals surface area contributed by atoms with Crippen molar-refractivity contribution in [1.29, 1.82) is 0 Å². The van der Waals surface area contributed by atoms with Crippen LogP contribution in [-0.4, -0.2) is 20.0 Å². The third-order valence-corrected chi connectivity index (χ3v) is 12.5. The highest BCUT2D eigenvalue weighted by Gasteiger charge is 2.48. The summed E-state index contributed by atoms with van der Waals surface area (Å²) in [6, 6.07) is 19.8. The van der Waals surface area contributed by atoms with Gasteiger partial charge in [0.05, 0.1) is 0 Å². The van der Waals surface area contributed by atoms with Crippen LogP contribution < -0.4 is 10.4 Å². The minimum absolute atomic E-state index is 0.104. The highest BCUT2D eigenvalue weighted by atomic mass is 31.2. The molecular weight excluding hydrogens is 371 g/mol. The lowest BCUT2D eigenvalue weighted by Crippen LogP contribution is -2.58. The van der Waals surface area contributed by atoms with Crippen LogP contribution in [0.2, 0.25) is 6.55 Å². The third-order valence-electron chi connectivity index (χ3n) is 4.54. The molecule has 0 aliphatic heterocycles. The summed E-state index contributed by atoms with van der Waals surface area (Å²) in [5.41, 5.74) is -0.984. The Kier molecular flexibility index (Phi) is 6.67. The molecule has 0 aromatic heterocycles. The van der Waals surface area contributed by atoms with Gasteiger partial charge in [-0.15, -0.1) is 0 Å². The maximum absolute atomic E-state index is 14.0. The van der Waals surface area contributed by atoms with Crippen LogP contribution >= 0.6 is 7.37 Å². The van der Waals surface area contributed by atoms with Crippen molar-refractivity contribution in [2.45, 2.75) is 41.2 Å². The predicted molar refractivity (Wildman–Crippen MR) is 117 cm³/mol. The summed E-state index contributed by atoms with van der Waals surface area (Å²) >= 11 is 0. The van der Waals surface area contributed by atoms with E-state index < -0.39 is 21.1 Å². The van der Waals surface area contributed by atoms with Gasteiger partial charge in [-0.2, -0.15) is 0 Å². The maximum atomic E-state index is 14.0. The molecule has 146 valence electrons. The van der Waals surface area contributed by atoms with Crippen molar-refractivity contribution >= 4 is 31.6 Å². The molecule has 27 heavy (non-hydrogen) atoms. The number of carbonyl (C=O) groups excluding carboxylic acids is 1. The van der Waals surface area contributed by atoms with E-state index in [9.17, 15) is 9.36 Å². The first-order valence-electron chi connectivity index (χ1n) is 9.45. The van der Waals surface area contributed by atoms with E-state index in [0.29, 0.717) is 0 Å². The van der Waals surface area contributed by atoms with Crippen molar-refractivity contribution in [1.82, 2.24) is 0 Å². The van der Waals surface area contributed by atoms with Crippen LogP contribution in [0.15, 0.2) is 60.7 Å². The molecule has 0 aliphatic carbocycles. The Labute approximate surface area is 164 Å². The Morgan fingerprint density at radius 3 is 1.70 bits per heavy atom. The number of hydrogen-bond donors (Lipinski definition) is 0. The average Bonchev–Trinajstić information content (AvgIpc) is 2.61. The molecule has 0 amide bonds. The molecule has 0 saturated carbocycles. The zero-order chi connectivity index (χ0) is 20.3. The summed E-state index contributed by atoms with van der Waals surface area (Å²) in [6.07, 6.45) is 0.269. The third kappa shape index (κ3) is 5.07. The molecule has 0 spiro atoms. The molecule has 0 radical (unpaired) electrons. The van der Waals surface area contributed by atoms with Gasteiger partial charge in [0.25, 0.3) is 15.7 Å². The Bertz CT molecular complexity index is 771. The van der Waals surface area contributed by atoms with Crippen LogP contribution in [0.3, 0.4) is 0 Å². The molecule has 0 bridgehead atoms. The van der Waals surface area contributed by atoms with Crippen LogP contribution in [0.5, 0.6) is 0 Å². The van der Waals surface area contributed by atoms with Crippen molar-refractivity contribution in [3.05, 3.63) is 60.7 Å². The second-order valence-electron chi connectivity index (χ2n) is 8.66. The SMILES string of the molecule is CC(C)CP(=O)(O[Si](C)(c1ccccc1)c1ccccc1)C(=O)C(C)(C)C.